The summed E-state index contributed by atoms with van der Waals surface area (Å²) >= 11 is 0. The Morgan fingerprint density at radius 1 is 1.17 bits per heavy atom. The van der Waals surface area contributed by atoms with E-state index in [1.54, 1.807) is 41.3 Å². The number of rotatable bonds is 4. The summed E-state index contributed by atoms with van der Waals surface area (Å²) in [4.78, 5) is 25.3. The molecule has 2 aromatic carbocycles. The van der Waals surface area contributed by atoms with Crippen molar-refractivity contribution in [3.8, 4) is 5.75 Å². The number of carbonyl (C=O) groups is 2. The van der Waals surface area contributed by atoms with E-state index in [1.807, 2.05) is 6.07 Å². The minimum atomic E-state index is -0.411. The third kappa shape index (κ3) is 3.48. The number of carbonyl (C=O) groups excluding carboxylic acids is 2. The maximum absolute atomic E-state index is 13.5. The van der Waals surface area contributed by atoms with Gasteiger partial charge in [0.1, 0.15) is 12.4 Å². The molecule has 0 spiro atoms. The number of nitrogens with one attached hydrogen (secondary N) is 1. The van der Waals surface area contributed by atoms with E-state index in [0.29, 0.717) is 17.0 Å². The second kappa shape index (κ2) is 6.48. The van der Waals surface area contributed by atoms with Gasteiger partial charge in [0.25, 0.3) is 0 Å². The zero-order valence-corrected chi connectivity index (χ0v) is 12.3. The first-order chi connectivity index (χ1) is 11.1. The van der Waals surface area contributed by atoms with Gasteiger partial charge in [-0.25, -0.2) is 9.18 Å². The molecule has 0 saturated heterocycles. The summed E-state index contributed by atoms with van der Waals surface area (Å²) in [6.07, 6.45) is 0. The van der Waals surface area contributed by atoms with Gasteiger partial charge in [-0.15, -0.1) is 0 Å². The number of hydrogen-bond donors (Lipinski definition) is 1. The van der Waals surface area contributed by atoms with Crippen molar-refractivity contribution >= 4 is 17.6 Å². The van der Waals surface area contributed by atoms with Crippen LogP contribution in [-0.2, 0) is 16.1 Å². The lowest BCUT2D eigenvalue weighted by Crippen LogP contribution is -2.43. The molecule has 2 aromatic rings. The van der Waals surface area contributed by atoms with Crippen molar-refractivity contribution in [2.75, 3.05) is 18.0 Å². The van der Waals surface area contributed by atoms with Gasteiger partial charge in [-0.05, 0) is 18.2 Å². The molecular formula is C17H15FN2O3. The Bertz CT molecular complexity index is 748. The summed E-state index contributed by atoms with van der Waals surface area (Å²) in [5.41, 5.74) is 1.10. The topological polar surface area (TPSA) is 58.6 Å². The predicted octanol–water partition coefficient (Wildman–Crippen LogP) is 1.87. The Labute approximate surface area is 132 Å². The van der Waals surface area contributed by atoms with Gasteiger partial charge in [0.05, 0.1) is 12.2 Å². The maximum atomic E-state index is 13.5. The Kier molecular flexibility index (Phi) is 4.23. The van der Waals surface area contributed by atoms with Crippen molar-refractivity contribution in [1.29, 1.82) is 0 Å². The average molecular weight is 314 g/mol. The fourth-order valence-electron chi connectivity index (χ4n) is 2.41. The van der Waals surface area contributed by atoms with Crippen molar-refractivity contribution in [3.05, 3.63) is 59.9 Å². The Hall–Kier alpha value is -2.89. The molecule has 0 atom stereocenters. The number of hydrogen-bond acceptors (Lipinski definition) is 4. The third-order valence-corrected chi connectivity index (χ3v) is 3.52. The number of anilines is 1. The summed E-state index contributed by atoms with van der Waals surface area (Å²) in [7, 11) is 0. The molecule has 23 heavy (non-hydrogen) atoms. The largest absolute Gasteiger partial charge is 0.423 e. The van der Waals surface area contributed by atoms with Crippen molar-refractivity contribution in [1.82, 2.24) is 5.32 Å². The van der Waals surface area contributed by atoms with Crippen LogP contribution in [0.2, 0.25) is 0 Å². The van der Waals surface area contributed by atoms with Gasteiger partial charge in [0, 0.05) is 12.1 Å². The van der Waals surface area contributed by atoms with Crippen LogP contribution < -0.4 is 15.0 Å². The summed E-state index contributed by atoms with van der Waals surface area (Å²) in [6.45, 7) is 0.107. The van der Waals surface area contributed by atoms with Crippen LogP contribution in [0.3, 0.4) is 0 Å². The fraction of sp³-hybridized carbons (Fsp3) is 0.176. The molecule has 0 bridgehead atoms. The zero-order chi connectivity index (χ0) is 16.2. The van der Waals surface area contributed by atoms with Crippen LogP contribution in [0.25, 0.3) is 0 Å². The van der Waals surface area contributed by atoms with Crippen LogP contribution in [0, 0.1) is 5.82 Å². The molecule has 0 fully saturated rings. The number of nitrogens with zero attached hydrogens (tertiary/aromatic N) is 1. The smallest absolute Gasteiger partial charge is 0.331 e. The van der Waals surface area contributed by atoms with Crippen molar-refractivity contribution in [2.45, 2.75) is 6.54 Å². The van der Waals surface area contributed by atoms with Gasteiger partial charge < -0.3 is 15.0 Å². The molecule has 0 radical (unpaired) electrons. The van der Waals surface area contributed by atoms with E-state index < -0.39 is 5.97 Å². The van der Waals surface area contributed by atoms with Crippen LogP contribution in [-0.4, -0.2) is 25.0 Å². The zero-order valence-electron chi connectivity index (χ0n) is 12.3. The molecule has 0 unspecified atom stereocenters. The van der Waals surface area contributed by atoms with Crippen LogP contribution >= 0.6 is 0 Å². The van der Waals surface area contributed by atoms with Crippen LogP contribution in [0.4, 0.5) is 10.1 Å². The molecule has 118 valence electrons. The number of esters is 1. The standard InChI is InChI=1S/C17H15FN2O3/c18-13-6-2-1-5-12(13)9-19-16(21)10-20-11-17(22)23-15-8-4-3-7-14(15)20/h1-8H,9-11H2,(H,19,21). The van der Waals surface area contributed by atoms with Crippen molar-refractivity contribution < 1.29 is 18.7 Å². The third-order valence-electron chi connectivity index (χ3n) is 3.52. The van der Waals surface area contributed by atoms with Gasteiger partial charge in [-0.2, -0.15) is 0 Å². The minimum absolute atomic E-state index is 0.000561. The molecule has 0 saturated carbocycles. The van der Waals surface area contributed by atoms with E-state index in [1.165, 1.54) is 6.07 Å². The first kappa shape index (κ1) is 15.0. The number of fused-ring (bicyclic) bond motifs is 1. The average Bonchev–Trinajstić information content (AvgIpc) is 2.54. The SMILES string of the molecule is O=C(CN1CC(=O)Oc2ccccc21)NCc1ccccc1F. The van der Waals surface area contributed by atoms with Crippen molar-refractivity contribution in [2.24, 2.45) is 0 Å². The molecule has 5 nitrogen and oxygen atoms in total. The molecule has 0 aliphatic carbocycles. The molecule has 6 heteroatoms. The second-order valence-electron chi connectivity index (χ2n) is 5.17. The number of amides is 1. The second-order valence-corrected chi connectivity index (χ2v) is 5.17. The van der Waals surface area contributed by atoms with E-state index in [-0.39, 0.29) is 31.4 Å². The minimum Gasteiger partial charge on any atom is -0.423 e. The van der Waals surface area contributed by atoms with Crippen LogP contribution in [0.15, 0.2) is 48.5 Å². The molecule has 1 N–H and O–H groups in total. The van der Waals surface area contributed by atoms with Crippen LogP contribution in [0.5, 0.6) is 5.75 Å². The lowest BCUT2D eigenvalue weighted by atomic mass is 10.2. The summed E-state index contributed by atoms with van der Waals surface area (Å²) in [5.74, 6) is -0.631. The van der Waals surface area contributed by atoms with Gasteiger partial charge >= 0.3 is 5.97 Å². The molecule has 1 heterocycles. The fourth-order valence-corrected chi connectivity index (χ4v) is 2.41. The normalized spacial score (nSPS) is 13.3. The molecular weight excluding hydrogens is 299 g/mol. The van der Waals surface area contributed by atoms with Crippen molar-refractivity contribution in [3.63, 3.8) is 0 Å². The molecule has 3 rings (SSSR count). The van der Waals surface area contributed by atoms with Gasteiger partial charge in [-0.3, -0.25) is 4.79 Å². The summed E-state index contributed by atoms with van der Waals surface area (Å²) in [5, 5.41) is 2.66. The highest BCUT2D eigenvalue weighted by atomic mass is 19.1. The molecule has 1 aliphatic rings. The lowest BCUT2D eigenvalue weighted by molar-refractivity contribution is -0.133. The van der Waals surface area contributed by atoms with E-state index in [0.717, 1.165) is 0 Å². The number of ether oxygens (including phenoxy) is 1. The molecule has 0 aromatic heterocycles. The highest BCUT2D eigenvalue weighted by Crippen LogP contribution is 2.30. The van der Waals surface area contributed by atoms with Crippen LogP contribution in [0.1, 0.15) is 5.56 Å². The molecule has 1 amide bonds. The first-order valence-electron chi connectivity index (χ1n) is 7.18. The van der Waals surface area contributed by atoms with E-state index in [9.17, 15) is 14.0 Å². The predicted molar refractivity (Wildman–Crippen MR) is 82.5 cm³/mol. The Balaban J connectivity index is 1.64. The maximum Gasteiger partial charge on any atom is 0.331 e. The van der Waals surface area contributed by atoms with E-state index >= 15 is 0 Å². The van der Waals surface area contributed by atoms with Gasteiger partial charge in [-0.1, -0.05) is 30.3 Å². The number of benzene rings is 2. The first-order valence-corrected chi connectivity index (χ1v) is 7.18. The Morgan fingerprint density at radius 3 is 2.74 bits per heavy atom. The quantitative estimate of drug-likeness (QED) is 0.691. The monoisotopic (exact) mass is 314 g/mol. The number of para-hydroxylation sites is 2. The Morgan fingerprint density at radius 2 is 1.91 bits per heavy atom. The van der Waals surface area contributed by atoms with E-state index in [2.05, 4.69) is 5.32 Å². The highest BCUT2D eigenvalue weighted by molar-refractivity contribution is 5.89. The van der Waals surface area contributed by atoms with Gasteiger partial charge in [0.15, 0.2) is 5.75 Å². The van der Waals surface area contributed by atoms with Gasteiger partial charge in [0.2, 0.25) is 5.91 Å². The lowest BCUT2D eigenvalue weighted by Gasteiger charge is -2.29. The molecule has 1 aliphatic heterocycles. The summed E-state index contributed by atoms with van der Waals surface area (Å²) in [6, 6.07) is 13.3. The summed E-state index contributed by atoms with van der Waals surface area (Å²) < 4.78 is 18.7. The van der Waals surface area contributed by atoms with E-state index in [4.69, 9.17) is 4.74 Å². The highest BCUT2D eigenvalue weighted by Gasteiger charge is 2.25. The number of halogens is 1.